The highest BCUT2D eigenvalue weighted by Gasteiger charge is 1.87. The van der Waals surface area contributed by atoms with Crippen LogP contribution in [0, 0.1) is 0 Å². The second-order valence-electron chi connectivity index (χ2n) is 1.50. The van der Waals surface area contributed by atoms with E-state index in [-0.39, 0.29) is 6.10 Å². The quantitative estimate of drug-likeness (QED) is 0.519. The Morgan fingerprint density at radius 3 is 2.43 bits per heavy atom. The van der Waals surface area contributed by atoms with E-state index in [0.717, 1.165) is 6.42 Å². The standard InChI is InChI=1S/C6H12O/c1-3-5-6(7)4-2/h3,5-7H,4H2,1-2H3/t6-/m1/s1. The fraction of sp³-hybridized carbons (Fsp3) is 0.667. The SMILES string of the molecule is CC=C[C@H](O)CC. The van der Waals surface area contributed by atoms with Crippen LogP contribution >= 0.6 is 0 Å². The van der Waals surface area contributed by atoms with E-state index in [1.165, 1.54) is 0 Å². The van der Waals surface area contributed by atoms with Crippen LogP contribution in [0.2, 0.25) is 0 Å². The zero-order valence-corrected chi connectivity index (χ0v) is 4.89. The summed E-state index contributed by atoms with van der Waals surface area (Å²) in [5.74, 6) is 0. The summed E-state index contributed by atoms with van der Waals surface area (Å²) >= 11 is 0. The van der Waals surface area contributed by atoms with Gasteiger partial charge in [0.1, 0.15) is 0 Å². The van der Waals surface area contributed by atoms with Crippen molar-refractivity contribution in [3.05, 3.63) is 12.2 Å². The average molecular weight is 100 g/mol. The number of rotatable bonds is 2. The van der Waals surface area contributed by atoms with Gasteiger partial charge in [-0.15, -0.1) is 0 Å². The zero-order chi connectivity index (χ0) is 5.70. The Morgan fingerprint density at radius 1 is 1.71 bits per heavy atom. The summed E-state index contributed by atoms with van der Waals surface area (Å²) in [6.07, 6.45) is 4.21. The summed E-state index contributed by atoms with van der Waals surface area (Å²) in [5, 5.41) is 8.77. The lowest BCUT2D eigenvalue weighted by Gasteiger charge is -1.95. The van der Waals surface area contributed by atoms with Crippen molar-refractivity contribution in [3.63, 3.8) is 0 Å². The van der Waals surface area contributed by atoms with Gasteiger partial charge in [0, 0.05) is 0 Å². The molecule has 0 aromatic carbocycles. The number of aliphatic hydroxyl groups is 1. The molecule has 0 fully saturated rings. The molecule has 0 rings (SSSR count). The minimum atomic E-state index is -0.231. The summed E-state index contributed by atoms with van der Waals surface area (Å²) in [7, 11) is 0. The molecule has 1 nitrogen and oxygen atoms in total. The molecule has 0 aromatic rings. The molecular formula is C6H12O. The molecule has 1 N–H and O–H groups in total. The zero-order valence-electron chi connectivity index (χ0n) is 4.89. The maximum atomic E-state index is 8.77. The van der Waals surface area contributed by atoms with Crippen molar-refractivity contribution in [2.24, 2.45) is 0 Å². The van der Waals surface area contributed by atoms with E-state index in [1.807, 2.05) is 19.9 Å². The third kappa shape index (κ3) is 3.53. The van der Waals surface area contributed by atoms with Gasteiger partial charge in [-0.25, -0.2) is 0 Å². The van der Waals surface area contributed by atoms with Crippen LogP contribution in [0.4, 0.5) is 0 Å². The van der Waals surface area contributed by atoms with Crippen LogP contribution in [-0.2, 0) is 0 Å². The Morgan fingerprint density at radius 2 is 2.29 bits per heavy atom. The summed E-state index contributed by atoms with van der Waals surface area (Å²) in [6.45, 7) is 3.85. The van der Waals surface area contributed by atoms with E-state index >= 15 is 0 Å². The van der Waals surface area contributed by atoms with Crippen LogP contribution in [-0.4, -0.2) is 11.2 Å². The van der Waals surface area contributed by atoms with Gasteiger partial charge in [0.2, 0.25) is 0 Å². The molecule has 0 radical (unpaired) electrons. The Bertz CT molecular complexity index is 57.2. The molecule has 0 aromatic heterocycles. The molecule has 0 saturated carbocycles. The lowest BCUT2D eigenvalue weighted by Crippen LogP contribution is -1.96. The molecule has 0 unspecified atom stereocenters. The Balaban J connectivity index is 3.16. The third-order valence-electron chi connectivity index (χ3n) is 0.833. The fourth-order valence-corrected chi connectivity index (χ4v) is 0.358. The van der Waals surface area contributed by atoms with Crippen molar-refractivity contribution >= 4 is 0 Å². The molecule has 7 heavy (non-hydrogen) atoms. The first-order chi connectivity index (χ1) is 3.31. The summed E-state index contributed by atoms with van der Waals surface area (Å²) in [4.78, 5) is 0. The van der Waals surface area contributed by atoms with E-state index in [9.17, 15) is 0 Å². The lowest BCUT2D eigenvalue weighted by molar-refractivity contribution is 0.219. The van der Waals surface area contributed by atoms with Crippen LogP contribution in [0.5, 0.6) is 0 Å². The van der Waals surface area contributed by atoms with Crippen LogP contribution in [0.15, 0.2) is 12.2 Å². The Labute approximate surface area is 44.7 Å². The number of hydrogen-bond donors (Lipinski definition) is 1. The summed E-state index contributed by atoms with van der Waals surface area (Å²) < 4.78 is 0. The molecule has 0 aliphatic rings. The lowest BCUT2D eigenvalue weighted by atomic mass is 10.3. The largest absolute Gasteiger partial charge is 0.389 e. The van der Waals surface area contributed by atoms with Crippen LogP contribution in [0.3, 0.4) is 0 Å². The van der Waals surface area contributed by atoms with Crippen molar-refractivity contribution in [2.75, 3.05) is 0 Å². The normalized spacial score (nSPS) is 15.3. The second-order valence-corrected chi connectivity index (χ2v) is 1.50. The molecule has 0 aliphatic heterocycles. The highest BCUT2D eigenvalue weighted by Crippen LogP contribution is 1.89. The Kier molecular flexibility index (Phi) is 3.71. The molecule has 0 amide bonds. The van der Waals surface area contributed by atoms with Gasteiger partial charge in [0.25, 0.3) is 0 Å². The van der Waals surface area contributed by atoms with Crippen LogP contribution in [0.1, 0.15) is 20.3 Å². The highest BCUT2D eigenvalue weighted by molar-refractivity contribution is 4.83. The van der Waals surface area contributed by atoms with Gasteiger partial charge < -0.3 is 5.11 Å². The molecule has 0 aliphatic carbocycles. The molecule has 0 bridgehead atoms. The predicted octanol–water partition coefficient (Wildman–Crippen LogP) is 1.33. The van der Waals surface area contributed by atoms with Crippen molar-refractivity contribution in [1.29, 1.82) is 0 Å². The first-order valence-corrected chi connectivity index (χ1v) is 2.62. The van der Waals surface area contributed by atoms with Crippen LogP contribution in [0.25, 0.3) is 0 Å². The first-order valence-electron chi connectivity index (χ1n) is 2.62. The maximum Gasteiger partial charge on any atom is 0.0718 e. The van der Waals surface area contributed by atoms with Gasteiger partial charge in [-0.05, 0) is 13.3 Å². The molecule has 0 heterocycles. The summed E-state index contributed by atoms with van der Waals surface area (Å²) in [5.41, 5.74) is 0. The van der Waals surface area contributed by atoms with Gasteiger partial charge in [-0.1, -0.05) is 19.1 Å². The van der Waals surface area contributed by atoms with Gasteiger partial charge in [-0.2, -0.15) is 0 Å². The van der Waals surface area contributed by atoms with Crippen molar-refractivity contribution < 1.29 is 5.11 Å². The third-order valence-corrected chi connectivity index (χ3v) is 0.833. The minimum Gasteiger partial charge on any atom is -0.389 e. The smallest absolute Gasteiger partial charge is 0.0718 e. The number of allylic oxidation sites excluding steroid dienone is 1. The van der Waals surface area contributed by atoms with Crippen molar-refractivity contribution in [1.82, 2.24) is 0 Å². The highest BCUT2D eigenvalue weighted by atomic mass is 16.3. The number of hydrogen-bond acceptors (Lipinski definition) is 1. The summed E-state index contributed by atoms with van der Waals surface area (Å²) in [6, 6.07) is 0. The van der Waals surface area contributed by atoms with Gasteiger partial charge >= 0.3 is 0 Å². The monoisotopic (exact) mass is 100 g/mol. The minimum absolute atomic E-state index is 0.231. The Hall–Kier alpha value is -0.300. The van der Waals surface area contributed by atoms with E-state index in [4.69, 9.17) is 5.11 Å². The molecule has 42 valence electrons. The fourth-order valence-electron chi connectivity index (χ4n) is 0.358. The van der Waals surface area contributed by atoms with E-state index < -0.39 is 0 Å². The molecular weight excluding hydrogens is 88.1 g/mol. The second kappa shape index (κ2) is 3.88. The van der Waals surface area contributed by atoms with E-state index in [1.54, 1.807) is 6.08 Å². The molecule has 1 heteroatoms. The van der Waals surface area contributed by atoms with E-state index in [0.29, 0.717) is 0 Å². The van der Waals surface area contributed by atoms with Crippen molar-refractivity contribution in [3.8, 4) is 0 Å². The first kappa shape index (κ1) is 6.70. The van der Waals surface area contributed by atoms with Crippen LogP contribution < -0.4 is 0 Å². The molecule has 1 atom stereocenters. The van der Waals surface area contributed by atoms with Crippen molar-refractivity contribution in [2.45, 2.75) is 26.4 Å². The average Bonchev–Trinajstić information content (AvgIpc) is 1.68. The van der Waals surface area contributed by atoms with Gasteiger partial charge in [-0.3, -0.25) is 0 Å². The van der Waals surface area contributed by atoms with E-state index in [2.05, 4.69) is 0 Å². The van der Waals surface area contributed by atoms with Gasteiger partial charge in [0.05, 0.1) is 6.10 Å². The molecule has 0 spiro atoms. The number of aliphatic hydroxyl groups excluding tert-OH is 1. The predicted molar refractivity (Wildman–Crippen MR) is 31.1 cm³/mol. The topological polar surface area (TPSA) is 20.2 Å². The maximum absolute atomic E-state index is 8.77. The van der Waals surface area contributed by atoms with Gasteiger partial charge in [0.15, 0.2) is 0 Å². The molecule has 0 saturated heterocycles.